The second kappa shape index (κ2) is 10.3. The molecule has 9 nitrogen and oxygen atoms in total. The summed E-state index contributed by atoms with van der Waals surface area (Å²) in [5, 5.41) is 5.58. The highest BCUT2D eigenvalue weighted by Gasteiger charge is 2.35. The molecule has 0 spiro atoms. The van der Waals surface area contributed by atoms with Gasteiger partial charge < -0.3 is 20.3 Å². The van der Waals surface area contributed by atoms with Crippen LogP contribution in [0.3, 0.4) is 0 Å². The van der Waals surface area contributed by atoms with Gasteiger partial charge in [-0.25, -0.2) is 23.5 Å². The molecule has 0 bridgehead atoms. The van der Waals surface area contributed by atoms with Gasteiger partial charge in [0.05, 0.1) is 25.5 Å². The number of aromatic nitrogens is 2. The fourth-order valence-electron chi connectivity index (χ4n) is 4.55. The first-order valence-corrected chi connectivity index (χ1v) is 12.4. The van der Waals surface area contributed by atoms with Crippen molar-refractivity contribution >= 4 is 29.4 Å². The molecule has 38 heavy (non-hydrogen) atoms. The minimum absolute atomic E-state index is 0.0430. The second-order valence-electron chi connectivity index (χ2n) is 9.50. The van der Waals surface area contributed by atoms with Gasteiger partial charge in [-0.05, 0) is 50.6 Å². The molecule has 0 unspecified atom stereocenters. The summed E-state index contributed by atoms with van der Waals surface area (Å²) in [6.45, 7) is 7.63. The van der Waals surface area contributed by atoms with Crippen molar-refractivity contribution in [1.82, 2.24) is 20.6 Å². The van der Waals surface area contributed by atoms with Crippen molar-refractivity contribution in [2.24, 2.45) is 0 Å². The molecule has 0 aliphatic carbocycles. The van der Waals surface area contributed by atoms with Crippen molar-refractivity contribution < 1.29 is 23.1 Å². The molecule has 3 amide bonds. The monoisotopic (exact) mass is 522 g/mol. The topological polar surface area (TPSA) is 99.7 Å². The largest absolute Gasteiger partial charge is 0.378 e. The summed E-state index contributed by atoms with van der Waals surface area (Å²) in [7, 11) is 0. The van der Waals surface area contributed by atoms with Crippen LogP contribution in [0.2, 0.25) is 0 Å². The number of ether oxygens (including phenoxy) is 1. The van der Waals surface area contributed by atoms with Crippen LogP contribution >= 0.6 is 0 Å². The average Bonchev–Trinajstić information content (AvgIpc) is 2.89. The Kier molecular flexibility index (Phi) is 6.94. The van der Waals surface area contributed by atoms with Crippen LogP contribution in [0.15, 0.2) is 36.4 Å². The van der Waals surface area contributed by atoms with Crippen molar-refractivity contribution in [2.45, 2.75) is 33.4 Å². The highest BCUT2D eigenvalue weighted by atomic mass is 19.1. The molecule has 1 saturated heterocycles. The van der Waals surface area contributed by atoms with Gasteiger partial charge in [-0.1, -0.05) is 12.1 Å². The van der Waals surface area contributed by atoms with E-state index in [4.69, 9.17) is 9.72 Å². The summed E-state index contributed by atoms with van der Waals surface area (Å²) in [6.07, 6.45) is 0. The molecule has 1 fully saturated rings. The Labute approximate surface area is 218 Å². The summed E-state index contributed by atoms with van der Waals surface area (Å²) >= 11 is 0. The number of benzene rings is 2. The Morgan fingerprint density at radius 3 is 2.50 bits per heavy atom. The van der Waals surface area contributed by atoms with E-state index >= 15 is 0 Å². The van der Waals surface area contributed by atoms with E-state index in [2.05, 4.69) is 15.6 Å². The van der Waals surface area contributed by atoms with Crippen molar-refractivity contribution in [3.8, 4) is 11.3 Å². The number of carbonyl (C=O) groups excluding carboxylic acids is 2. The third-order valence-corrected chi connectivity index (χ3v) is 6.43. The number of nitrogens with one attached hydrogen (secondary N) is 2. The third-order valence-electron chi connectivity index (χ3n) is 6.43. The molecule has 5 rings (SSSR count). The zero-order valence-electron chi connectivity index (χ0n) is 21.3. The Balaban J connectivity index is 1.73. The number of hydrogen-bond acceptors (Lipinski definition) is 6. The maximum atomic E-state index is 14.9. The number of halogens is 2. The van der Waals surface area contributed by atoms with E-state index in [0.717, 1.165) is 22.6 Å². The first-order chi connectivity index (χ1) is 18.2. The van der Waals surface area contributed by atoms with Crippen molar-refractivity contribution in [3.63, 3.8) is 0 Å². The minimum Gasteiger partial charge on any atom is -0.378 e. The Bertz CT molecular complexity index is 1390. The van der Waals surface area contributed by atoms with E-state index < -0.39 is 23.4 Å². The van der Waals surface area contributed by atoms with Crippen LogP contribution in [0.4, 0.5) is 31.0 Å². The van der Waals surface area contributed by atoms with Gasteiger partial charge in [0.15, 0.2) is 5.82 Å². The minimum atomic E-state index is -0.899. The molecular formula is C27H28F2N6O3. The lowest BCUT2D eigenvalue weighted by atomic mass is 9.97. The number of para-hydroxylation sites is 1. The molecule has 2 N–H and O–H groups in total. The summed E-state index contributed by atoms with van der Waals surface area (Å²) in [5.74, 6) is -1.65. The molecule has 3 heterocycles. The van der Waals surface area contributed by atoms with Gasteiger partial charge in [0, 0.05) is 35.8 Å². The molecule has 2 aliphatic rings. The van der Waals surface area contributed by atoms with E-state index in [1.807, 2.05) is 31.7 Å². The van der Waals surface area contributed by atoms with Gasteiger partial charge >= 0.3 is 6.03 Å². The quantitative estimate of drug-likeness (QED) is 0.524. The third kappa shape index (κ3) is 4.76. The first-order valence-electron chi connectivity index (χ1n) is 12.4. The summed E-state index contributed by atoms with van der Waals surface area (Å²) < 4.78 is 35.3. The van der Waals surface area contributed by atoms with E-state index in [-0.39, 0.29) is 24.3 Å². The van der Waals surface area contributed by atoms with E-state index in [0.29, 0.717) is 54.6 Å². The van der Waals surface area contributed by atoms with Crippen LogP contribution in [0.25, 0.3) is 11.3 Å². The molecule has 2 aromatic carbocycles. The average molecular weight is 523 g/mol. The van der Waals surface area contributed by atoms with E-state index in [1.165, 1.54) is 6.07 Å². The SMILES string of the molecule is Cc1ccc(C(=O)NC(C)C)cc1-c1nc(N2CCOCC2)nc2c1CNC(=O)N2c1c(F)cccc1F. The molecule has 198 valence electrons. The molecule has 11 heteroatoms. The highest BCUT2D eigenvalue weighted by molar-refractivity contribution is 6.02. The summed E-state index contributed by atoms with van der Waals surface area (Å²) in [4.78, 5) is 38.2. The van der Waals surface area contributed by atoms with Crippen molar-refractivity contribution in [1.29, 1.82) is 0 Å². The zero-order chi connectivity index (χ0) is 27.0. The first kappa shape index (κ1) is 25.5. The molecule has 2 aliphatic heterocycles. The molecule has 0 saturated carbocycles. The maximum absolute atomic E-state index is 14.9. The number of hydrogen-bond donors (Lipinski definition) is 2. The predicted molar refractivity (Wildman–Crippen MR) is 139 cm³/mol. The fraction of sp³-hybridized carbons (Fsp3) is 0.333. The van der Waals surface area contributed by atoms with Gasteiger partial charge in [0.2, 0.25) is 5.95 Å². The number of anilines is 3. The molecule has 0 radical (unpaired) electrons. The molecule has 1 aromatic heterocycles. The van der Waals surface area contributed by atoms with Crippen LogP contribution in [-0.4, -0.2) is 54.3 Å². The molecular weight excluding hydrogens is 494 g/mol. The maximum Gasteiger partial charge on any atom is 0.328 e. The molecule has 3 aromatic rings. The van der Waals surface area contributed by atoms with Crippen LogP contribution < -0.4 is 20.4 Å². The number of aryl methyl sites for hydroxylation is 1. The Hall–Kier alpha value is -4.12. The lowest BCUT2D eigenvalue weighted by Crippen LogP contribution is -2.44. The van der Waals surface area contributed by atoms with Crippen molar-refractivity contribution in [3.05, 3.63) is 64.7 Å². The van der Waals surface area contributed by atoms with E-state index in [9.17, 15) is 18.4 Å². The summed E-state index contributed by atoms with van der Waals surface area (Å²) in [6, 6.07) is 7.95. The Morgan fingerprint density at radius 2 is 1.82 bits per heavy atom. The number of amides is 3. The fourth-order valence-corrected chi connectivity index (χ4v) is 4.55. The normalized spacial score (nSPS) is 15.4. The Morgan fingerprint density at radius 1 is 1.11 bits per heavy atom. The smallest absolute Gasteiger partial charge is 0.328 e. The standard InChI is InChI=1S/C27H28F2N6O3/c1-15(2)31-25(36)17-8-7-16(3)18(13-17)22-19-14-30-27(37)35(23-20(28)5-4-6-21(23)29)24(19)33-26(32-22)34-9-11-38-12-10-34/h4-8,13,15H,9-12,14H2,1-3H3,(H,30,37)(H,31,36). The lowest BCUT2D eigenvalue weighted by Gasteiger charge is -2.33. The number of carbonyl (C=O) groups is 2. The second-order valence-corrected chi connectivity index (χ2v) is 9.50. The summed E-state index contributed by atoms with van der Waals surface area (Å²) in [5.41, 5.74) is 2.35. The van der Waals surface area contributed by atoms with E-state index in [1.54, 1.807) is 12.1 Å². The number of rotatable bonds is 5. The number of nitrogens with zero attached hydrogens (tertiary/aromatic N) is 4. The van der Waals surface area contributed by atoms with Crippen LogP contribution in [0.5, 0.6) is 0 Å². The number of morpholine rings is 1. The van der Waals surface area contributed by atoms with Crippen molar-refractivity contribution in [2.75, 3.05) is 36.1 Å². The van der Waals surface area contributed by atoms with Gasteiger partial charge in [-0.2, -0.15) is 4.98 Å². The van der Waals surface area contributed by atoms with Gasteiger partial charge in [-0.15, -0.1) is 0 Å². The number of fused-ring (bicyclic) bond motifs is 1. The zero-order valence-corrected chi connectivity index (χ0v) is 21.3. The van der Waals surface area contributed by atoms with Gasteiger partial charge in [0.1, 0.15) is 17.3 Å². The van der Waals surface area contributed by atoms with Crippen LogP contribution in [0.1, 0.15) is 35.3 Å². The van der Waals surface area contributed by atoms with Crippen LogP contribution in [0, 0.1) is 18.6 Å². The highest BCUT2D eigenvalue weighted by Crippen LogP contribution is 2.39. The number of urea groups is 1. The lowest BCUT2D eigenvalue weighted by molar-refractivity contribution is 0.0943. The van der Waals surface area contributed by atoms with Gasteiger partial charge in [0.25, 0.3) is 5.91 Å². The predicted octanol–water partition coefficient (Wildman–Crippen LogP) is 4.07. The molecule has 0 atom stereocenters. The van der Waals surface area contributed by atoms with Gasteiger partial charge in [-0.3, -0.25) is 4.79 Å². The van der Waals surface area contributed by atoms with Crippen LogP contribution in [-0.2, 0) is 11.3 Å².